The number of methoxy groups -OCH3 is 1. The van der Waals surface area contributed by atoms with E-state index in [-0.39, 0.29) is 17.8 Å². The fraction of sp³-hybridized carbons (Fsp3) is 0.286. The lowest BCUT2D eigenvalue weighted by molar-refractivity contribution is 0.0638. The molecule has 7 nitrogen and oxygen atoms in total. The summed E-state index contributed by atoms with van der Waals surface area (Å²) in [6.45, 7) is 1.40. The van der Waals surface area contributed by atoms with Crippen LogP contribution >= 0.6 is 0 Å². The van der Waals surface area contributed by atoms with Gasteiger partial charge in [-0.1, -0.05) is 18.2 Å². The summed E-state index contributed by atoms with van der Waals surface area (Å²) in [5.74, 6) is -0.638. The number of hydrogen-bond acceptors (Lipinski definition) is 4. The normalized spacial score (nSPS) is 15.0. The molecule has 4 rings (SSSR count). The maximum atomic E-state index is 12.7. The lowest BCUT2D eigenvalue weighted by Crippen LogP contribution is -2.33. The molecule has 4 amide bonds. The molecule has 7 heteroatoms. The van der Waals surface area contributed by atoms with Crippen molar-refractivity contribution in [3.8, 4) is 0 Å². The zero-order valence-corrected chi connectivity index (χ0v) is 15.6. The van der Waals surface area contributed by atoms with Crippen molar-refractivity contribution in [1.82, 2.24) is 4.90 Å². The standard InChI is InChI=1S/C21H21N3O4/c1-28-12-4-10-24-19(25)16-8-7-15(13-17(16)20(24)26)22-21(27)23-11-9-14-5-2-3-6-18(14)23/h2-3,5-8,13H,4,9-12H2,1H3,(H,22,27). The topological polar surface area (TPSA) is 79.0 Å². The number of urea groups is 1. The molecule has 2 aromatic carbocycles. The summed E-state index contributed by atoms with van der Waals surface area (Å²) in [5, 5.41) is 2.84. The Kier molecular flexibility index (Phi) is 4.83. The minimum Gasteiger partial charge on any atom is -0.385 e. The molecule has 0 atom stereocenters. The molecule has 2 aliphatic heterocycles. The number of rotatable bonds is 5. The fourth-order valence-corrected chi connectivity index (χ4v) is 3.68. The smallest absolute Gasteiger partial charge is 0.326 e. The molecule has 0 aromatic heterocycles. The van der Waals surface area contributed by atoms with Crippen LogP contribution in [-0.2, 0) is 11.2 Å². The van der Waals surface area contributed by atoms with E-state index in [1.54, 1.807) is 30.2 Å². The first-order valence-corrected chi connectivity index (χ1v) is 9.26. The van der Waals surface area contributed by atoms with Gasteiger partial charge < -0.3 is 10.1 Å². The van der Waals surface area contributed by atoms with Crippen molar-refractivity contribution in [1.29, 1.82) is 0 Å². The molecule has 144 valence electrons. The molecule has 0 spiro atoms. The quantitative estimate of drug-likeness (QED) is 0.640. The van der Waals surface area contributed by atoms with Gasteiger partial charge in [0.15, 0.2) is 0 Å². The van der Waals surface area contributed by atoms with Crippen molar-refractivity contribution < 1.29 is 19.1 Å². The molecular weight excluding hydrogens is 358 g/mol. The predicted molar refractivity (Wildman–Crippen MR) is 105 cm³/mol. The summed E-state index contributed by atoms with van der Waals surface area (Å²) in [6, 6.07) is 12.4. The van der Waals surface area contributed by atoms with E-state index in [0.717, 1.165) is 17.7 Å². The molecule has 2 aliphatic rings. The first kappa shape index (κ1) is 18.2. The lowest BCUT2D eigenvalue weighted by atomic mass is 10.1. The monoisotopic (exact) mass is 379 g/mol. The molecule has 0 unspecified atom stereocenters. The molecule has 0 aliphatic carbocycles. The summed E-state index contributed by atoms with van der Waals surface area (Å²) in [6.07, 6.45) is 1.40. The zero-order valence-electron chi connectivity index (χ0n) is 15.6. The number of anilines is 2. The highest BCUT2D eigenvalue weighted by atomic mass is 16.5. The highest BCUT2D eigenvalue weighted by Gasteiger charge is 2.35. The van der Waals surface area contributed by atoms with Gasteiger partial charge in [0.1, 0.15) is 0 Å². The van der Waals surface area contributed by atoms with Gasteiger partial charge in [-0.3, -0.25) is 19.4 Å². The Hall–Kier alpha value is -3.19. The number of imide groups is 1. The second-order valence-electron chi connectivity index (χ2n) is 6.83. The van der Waals surface area contributed by atoms with Crippen LogP contribution in [0.15, 0.2) is 42.5 Å². The Bertz CT molecular complexity index is 956. The zero-order chi connectivity index (χ0) is 19.7. The van der Waals surface area contributed by atoms with E-state index in [4.69, 9.17) is 4.74 Å². The van der Waals surface area contributed by atoms with Gasteiger partial charge >= 0.3 is 6.03 Å². The molecule has 0 fully saturated rings. The third-order valence-corrected chi connectivity index (χ3v) is 5.08. The van der Waals surface area contributed by atoms with Gasteiger partial charge in [0, 0.05) is 38.2 Å². The average Bonchev–Trinajstić information content (AvgIpc) is 3.23. The van der Waals surface area contributed by atoms with Gasteiger partial charge in [-0.25, -0.2) is 4.79 Å². The molecule has 0 radical (unpaired) electrons. The third kappa shape index (κ3) is 3.14. The van der Waals surface area contributed by atoms with Gasteiger partial charge in [0.25, 0.3) is 11.8 Å². The number of para-hydroxylation sites is 1. The largest absolute Gasteiger partial charge is 0.385 e. The molecule has 2 aromatic rings. The fourth-order valence-electron chi connectivity index (χ4n) is 3.68. The summed E-state index contributed by atoms with van der Waals surface area (Å²) in [7, 11) is 1.58. The number of benzene rings is 2. The molecule has 0 saturated heterocycles. The first-order valence-electron chi connectivity index (χ1n) is 9.26. The number of nitrogens with one attached hydrogen (secondary N) is 1. The Morgan fingerprint density at radius 3 is 2.71 bits per heavy atom. The van der Waals surface area contributed by atoms with Crippen LogP contribution < -0.4 is 10.2 Å². The van der Waals surface area contributed by atoms with Crippen molar-refractivity contribution >= 4 is 29.2 Å². The lowest BCUT2D eigenvalue weighted by Gasteiger charge is -2.18. The van der Waals surface area contributed by atoms with Crippen molar-refractivity contribution in [2.75, 3.05) is 37.0 Å². The SMILES string of the molecule is COCCCN1C(=O)c2ccc(NC(=O)N3CCc4ccccc43)cc2C1=O. The number of hydrogen-bond donors (Lipinski definition) is 1. The molecular formula is C21H21N3O4. The van der Waals surface area contributed by atoms with E-state index in [2.05, 4.69) is 5.32 Å². The molecule has 0 bridgehead atoms. The Balaban J connectivity index is 1.50. The second-order valence-corrected chi connectivity index (χ2v) is 6.83. The van der Waals surface area contributed by atoms with E-state index in [9.17, 15) is 14.4 Å². The van der Waals surface area contributed by atoms with Crippen LogP contribution in [0.1, 0.15) is 32.7 Å². The molecule has 1 N–H and O–H groups in total. The van der Waals surface area contributed by atoms with Crippen molar-refractivity contribution in [3.63, 3.8) is 0 Å². The molecule has 2 heterocycles. The van der Waals surface area contributed by atoms with Crippen LogP contribution in [-0.4, -0.2) is 49.6 Å². The average molecular weight is 379 g/mol. The van der Waals surface area contributed by atoms with E-state index < -0.39 is 0 Å². The van der Waals surface area contributed by atoms with Crippen LogP contribution in [0.25, 0.3) is 0 Å². The first-order chi connectivity index (χ1) is 13.6. The minimum atomic E-state index is -0.335. The maximum absolute atomic E-state index is 12.7. The van der Waals surface area contributed by atoms with Crippen LogP contribution in [0.2, 0.25) is 0 Å². The predicted octanol–water partition coefficient (Wildman–Crippen LogP) is 2.91. The number of nitrogens with zero attached hydrogens (tertiary/aromatic N) is 2. The Labute approximate surface area is 162 Å². The van der Waals surface area contributed by atoms with Crippen LogP contribution in [0.3, 0.4) is 0 Å². The number of carbonyl (C=O) groups is 3. The maximum Gasteiger partial charge on any atom is 0.326 e. The summed E-state index contributed by atoms with van der Waals surface area (Å²) in [5.41, 5.74) is 3.22. The number of amides is 4. The summed E-state index contributed by atoms with van der Waals surface area (Å²) in [4.78, 5) is 40.7. The van der Waals surface area contributed by atoms with Crippen LogP contribution in [0, 0.1) is 0 Å². The van der Waals surface area contributed by atoms with Gasteiger partial charge in [0.05, 0.1) is 11.1 Å². The highest BCUT2D eigenvalue weighted by molar-refractivity contribution is 6.22. The third-order valence-electron chi connectivity index (χ3n) is 5.08. The van der Waals surface area contributed by atoms with Gasteiger partial charge in [0.2, 0.25) is 0 Å². The summed E-state index contributed by atoms with van der Waals surface area (Å²) < 4.78 is 4.98. The van der Waals surface area contributed by atoms with Gasteiger partial charge in [-0.15, -0.1) is 0 Å². The van der Waals surface area contributed by atoms with E-state index in [1.807, 2.05) is 24.3 Å². The van der Waals surface area contributed by atoms with Crippen LogP contribution in [0.4, 0.5) is 16.2 Å². The van der Waals surface area contributed by atoms with Crippen LogP contribution in [0.5, 0.6) is 0 Å². The molecule has 28 heavy (non-hydrogen) atoms. The molecule has 0 saturated carbocycles. The summed E-state index contributed by atoms with van der Waals surface area (Å²) >= 11 is 0. The second kappa shape index (κ2) is 7.44. The number of fused-ring (bicyclic) bond motifs is 2. The van der Waals surface area contributed by atoms with Crippen molar-refractivity contribution in [3.05, 3.63) is 59.2 Å². The van der Waals surface area contributed by atoms with Crippen molar-refractivity contribution in [2.45, 2.75) is 12.8 Å². The highest BCUT2D eigenvalue weighted by Crippen LogP contribution is 2.29. The van der Waals surface area contributed by atoms with E-state index >= 15 is 0 Å². The Morgan fingerprint density at radius 1 is 1.11 bits per heavy atom. The van der Waals surface area contributed by atoms with E-state index in [1.165, 1.54) is 4.90 Å². The number of ether oxygens (including phenoxy) is 1. The van der Waals surface area contributed by atoms with Gasteiger partial charge in [-0.05, 0) is 42.7 Å². The number of carbonyl (C=O) groups excluding carboxylic acids is 3. The van der Waals surface area contributed by atoms with E-state index in [0.29, 0.717) is 42.9 Å². The van der Waals surface area contributed by atoms with Gasteiger partial charge in [-0.2, -0.15) is 0 Å². The minimum absolute atomic E-state index is 0.251. The Morgan fingerprint density at radius 2 is 1.89 bits per heavy atom. The van der Waals surface area contributed by atoms with Crippen molar-refractivity contribution in [2.24, 2.45) is 0 Å².